The molecular weight excluding hydrogens is 262 g/mol. The summed E-state index contributed by atoms with van der Waals surface area (Å²) in [5.41, 5.74) is 0.321. The average molecular weight is 279 g/mol. The number of phenolic OH excluding ortho intramolecular Hbond substituents is 1. The fourth-order valence-corrected chi connectivity index (χ4v) is 2.46. The molecule has 6 heteroatoms. The third-order valence-corrected chi connectivity index (χ3v) is 3.64. The van der Waals surface area contributed by atoms with Gasteiger partial charge in [0.2, 0.25) is 0 Å². The lowest BCUT2D eigenvalue weighted by Gasteiger charge is -2.16. The lowest BCUT2D eigenvalue weighted by molar-refractivity contribution is -0.142. The highest BCUT2D eigenvalue weighted by Crippen LogP contribution is 2.29. The molecule has 2 atom stereocenters. The molecule has 1 aromatic rings. The molecule has 6 nitrogen and oxygen atoms in total. The van der Waals surface area contributed by atoms with Gasteiger partial charge in [0.15, 0.2) is 11.5 Å². The molecule has 0 spiro atoms. The van der Waals surface area contributed by atoms with Gasteiger partial charge in [-0.1, -0.05) is 6.92 Å². The lowest BCUT2D eigenvalue weighted by Crippen LogP contribution is -2.29. The Morgan fingerprint density at radius 1 is 1.35 bits per heavy atom. The molecule has 20 heavy (non-hydrogen) atoms. The molecule has 108 valence electrons. The van der Waals surface area contributed by atoms with Crippen LogP contribution in [0.5, 0.6) is 11.5 Å². The van der Waals surface area contributed by atoms with Gasteiger partial charge in [0.1, 0.15) is 0 Å². The van der Waals surface area contributed by atoms with Crippen molar-refractivity contribution >= 4 is 11.9 Å². The standard InChI is InChI=1S/C14H17NO5/c1-8-6-15(7-10(8)14(18)19)13(17)9-3-4-12(20-2)11(16)5-9/h3-5,8,10,16H,6-7H2,1-2H3,(H,18,19). The van der Waals surface area contributed by atoms with Crippen LogP contribution in [0.25, 0.3) is 0 Å². The number of likely N-dealkylation sites (tertiary alicyclic amines) is 1. The van der Waals surface area contributed by atoms with Crippen molar-refractivity contribution in [3.8, 4) is 11.5 Å². The van der Waals surface area contributed by atoms with Crippen LogP contribution in [-0.4, -0.2) is 47.2 Å². The maximum Gasteiger partial charge on any atom is 0.308 e. The maximum absolute atomic E-state index is 12.3. The van der Waals surface area contributed by atoms with Gasteiger partial charge in [-0.3, -0.25) is 9.59 Å². The Bertz CT molecular complexity index is 542. The van der Waals surface area contributed by atoms with Crippen molar-refractivity contribution in [2.75, 3.05) is 20.2 Å². The molecule has 1 saturated heterocycles. The number of hydrogen-bond donors (Lipinski definition) is 2. The summed E-state index contributed by atoms with van der Waals surface area (Å²) in [5.74, 6) is -1.60. The summed E-state index contributed by atoms with van der Waals surface area (Å²) in [5, 5.41) is 18.8. The van der Waals surface area contributed by atoms with Gasteiger partial charge in [-0.15, -0.1) is 0 Å². The topological polar surface area (TPSA) is 87.1 Å². The van der Waals surface area contributed by atoms with Gasteiger partial charge >= 0.3 is 5.97 Å². The summed E-state index contributed by atoms with van der Waals surface area (Å²) in [6.45, 7) is 2.42. The number of carbonyl (C=O) groups is 2. The lowest BCUT2D eigenvalue weighted by atomic mass is 9.99. The quantitative estimate of drug-likeness (QED) is 0.868. The number of aliphatic carboxylic acids is 1. The second-order valence-corrected chi connectivity index (χ2v) is 5.02. The molecule has 1 amide bonds. The van der Waals surface area contributed by atoms with Crippen molar-refractivity contribution in [1.29, 1.82) is 0 Å². The van der Waals surface area contributed by atoms with Crippen molar-refractivity contribution in [3.63, 3.8) is 0 Å². The van der Waals surface area contributed by atoms with Crippen LogP contribution < -0.4 is 4.74 Å². The molecule has 2 unspecified atom stereocenters. The van der Waals surface area contributed by atoms with E-state index in [0.29, 0.717) is 17.9 Å². The van der Waals surface area contributed by atoms with Gasteiger partial charge in [-0.2, -0.15) is 0 Å². The zero-order valence-corrected chi connectivity index (χ0v) is 11.4. The number of rotatable bonds is 3. The molecule has 1 aliphatic rings. The molecule has 1 fully saturated rings. The van der Waals surface area contributed by atoms with Crippen LogP contribution in [0.1, 0.15) is 17.3 Å². The fraction of sp³-hybridized carbons (Fsp3) is 0.429. The Labute approximate surface area is 116 Å². The summed E-state index contributed by atoms with van der Waals surface area (Å²) in [6.07, 6.45) is 0. The number of hydrogen-bond acceptors (Lipinski definition) is 4. The van der Waals surface area contributed by atoms with Crippen LogP contribution in [0.3, 0.4) is 0 Å². The first-order valence-corrected chi connectivity index (χ1v) is 6.33. The number of phenols is 1. The van der Waals surface area contributed by atoms with E-state index in [-0.39, 0.29) is 24.1 Å². The Morgan fingerprint density at radius 2 is 2.05 bits per heavy atom. The molecule has 1 aromatic carbocycles. The van der Waals surface area contributed by atoms with Crippen LogP contribution in [0.4, 0.5) is 0 Å². The smallest absolute Gasteiger partial charge is 0.308 e. The summed E-state index contributed by atoms with van der Waals surface area (Å²) in [7, 11) is 1.43. The van der Waals surface area contributed by atoms with Gasteiger partial charge in [0.25, 0.3) is 5.91 Å². The minimum atomic E-state index is -0.884. The molecule has 2 rings (SSSR count). The Balaban J connectivity index is 2.16. The van der Waals surface area contributed by atoms with Crippen LogP contribution >= 0.6 is 0 Å². The number of nitrogens with zero attached hydrogens (tertiary/aromatic N) is 1. The number of methoxy groups -OCH3 is 1. The number of aromatic hydroxyl groups is 1. The highest BCUT2D eigenvalue weighted by atomic mass is 16.5. The number of carbonyl (C=O) groups excluding carboxylic acids is 1. The molecule has 0 aliphatic carbocycles. The highest BCUT2D eigenvalue weighted by Gasteiger charge is 2.37. The Hall–Kier alpha value is -2.24. The van der Waals surface area contributed by atoms with Crippen molar-refractivity contribution in [3.05, 3.63) is 23.8 Å². The zero-order valence-electron chi connectivity index (χ0n) is 11.4. The molecule has 0 bridgehead atoms. The number of carboxylic acid groups (broad SMARTS) is 1. The third kappa shape index (κ3) is 2.54. The SMILES string of the molecule is COc1ccc(C(=O)N2CC(C)C(C(=O)O)C2)cc1O. The highest BCUT2D eigenvalue weighted by molar-refractivity contribution is 5.95. The second-order valence-electron chi connectivity index (χ2n) is 5.02. The molecule has 1 heterocycles. The summed E-state index contributed by atoms with van der Waals surface area (Å²) >= 11 is 0. The van der Waals surface area contributed by atoms with Gasteiger partial charge < -0.3 is 19.8 Å². The normalized spacial score (nSPS) is 21.8. The van der Waals surface area contributed by atoms with E-state index in [0.717, 1.165) is 0 Å². The third-order valence-electron chi connectivity index (χ3n) is 3.64. The number of benzene rings is 1. The molecule has 1 aliphatic heterocycles. The van der Waals surface area contributed by atoms with E-state index < -0.39 is 11.9 Å². The largest absolute Gasteiger partial charge is 0.504 e. The molecule has 0 radical (unpaired) electrons. The predicted octanol–water partition coefficient (Wildman–Crippen LogP) is 1.19. The summed E-state index contributed by atoms with van der Waals surface area (Å²) in [4.78, 5) is 24.9. The van der Waals surface area contributed by atoms with Crippen LogP contribution in [-0.2, 0) is 4.79 Å². The van der Waals surface area contributed by atoms with Crippen LogP contribution in [0, 0.1) is 11.8 Å². The van der Waals surface area contributed by atoms with Crippen LogP contribution in [0.2, 0.25) is 0 Å². The molecular formula is C14H17NO5. The maximum atomic E-state index is 12.3. The molecule has 2 N–H and O–H groups in total. The van der Waals surface area contributed by atoms with E-state index in [1.54, 1.807) is 6.07 Å². The van der Waals surface area contributed by atoms with E-state index >= 15 is 0 Å². The van der Waals surface area contributed by atoms with Crippen molar-refractivity contribution in [1.82, 2.24) is 4.90 Å². The van der Waals surface area contributed by atoms with Gasteiger partial charge in [-0.25, -0.2) is 0 Å². The molecule has 0 saturated carbocycles. The summed E-state index contributed by atoms with van der Waals surface area (Å²) in [6, 6.07) is 4.40. The zero-order chi connectivity index (χ0) is 14.9. The Kier molecular flexibility index (Phi) is 3.83. The average Bonchev–Trinajstić information content (AvgIpc) is 2.80. The number of carboxylic acids is 1. The van der Waals surface area contributed by atoms with Crippen LogP contribution in [0.15, 0.2) is 18.2 Å². The minimum Gasteiger partial charge on any atom is -0.504 e. The minimum absolute atomic E-state index is 0.0803. The van der Waals surface area contributed by atoms with E-state index in [1.165, 1.54) is 24.1 Å². The van der Waals surface area contributed by atoms with E-state index in [2.05, 4.69) is 0 Å². The van der Waals surface area contributed by atoms with E-state index in [1.807, 2.05) is 6.92 Å². The van der Waals surface area contributed by atoms with E-state index in [9.17, 15) is 14.7 Å². The first-order valence-electron chi connectivity index (χ1n) is 6.33. The molecule has 0 aromatic heterocycles. The number of ether oxygens (including phenoxy) is 1. The number of amides is 1. The fourth-order valence-electron chi connectivity index (χ4n) is 2.46. The summed E-state index contributed by atoms with van der Waals surface area (Å²) < 4.78 is 4.92. The monoisotopic (exact) mass is 279 g/mol. The van der Waals surface area contributed by atoms with Gasteiger partial charge in [-0.05, 0) is 24.1 Å². The Morgan fingerprint density at radius 3 is 2.55 bits per heavy atom. The van der Waals surface area contributed by atoms with Crippen molar-refractivity contribution < 1.29 is 24.5 Å². The van der Waals surface area contributed by atoms with Gasteiger partial charge in [0, 0.05) is 18.7 Å². The van der Waals surface area contributed by atoms with Crippen molar-refractivity contribution in [2.45, 2.75) is 6.92 Å². The van der Waals surface area contributed by atoms with E-state index in [4.69, 9.17) is 9.84 Å². The first kappa shape index (κ1) is 14.2. The van der Waals surface area contributed by atoms with Crippen molar-refractivity contribution in [2.24, 2.45) is 11.8 Å². The van der Waals surface area contributed by atoms with Gasteiger partial charge in [0.05, 0.1) is 13.0 Å². The first-order chi connectivity index (χ1) is 9.43. The predicted molar refractivity (Wildman–Crippen MR) is 70.9 cm³/mol. The second kappa shape index (κ2) is 5.40.